The lowest BCUT2D eigenvalue weighted by atomic mass is 10.1. The molecular weight excluding hydrogens is 316 g/mol. The first-order valence-corrected chi connectivity index (χ1v) is 6.42. The van der Waals surface area contributed by atoms with Crippen LogP contribution >= 0.6 is 27.5 Å². The molecule has 0 aliphatic rings. The summed E-state index contributed by atoms with van der Waals surface area (Å²) in [4.78, 5) is 16.0. The van der Waals surface area contributed by atoms with Gasteiger partial charge in [-0.2, -0.15) is 0 Å². The van der Waals surface area contributed by atoms with Crippen LogP contribution < -0.4 is 5.32 Å². The number of amides is 1. The van der Waals surface area contributed by atoms with Crippen molar-refractivity contribution in [2.75, 3.05) is 5.32 Å². The minimum absolute atomic E-state index is 0.240. The van der Waals surface area contributed by atoms with Crippen LogP contribution in [0.1, 0.15) is 15.9 Å². The number of anilines is 1. The van der Waals surface area contributed by atoms with E-state index in [0.29, 0.717) is 16.3 Å². The molecule has 1 amide bonds. The number of rotatable bonds is 2. The van der Waals surface area contributed by atoms with Crippen molar-refractivity contribution in [2.24, 2.45) is 0 Å². The Hall–Kier alpha value is -1.39. The van der Waals surface area contributed by atoms with Gasteiger partial charge in [-0.1, -0.05) is 23.7 Å². The number of nitrogens with zero attached hydrogens (tertiary/aromatic N) is 1. The molecule has 5 heteroatoms. The molecule has 0 atom stereocenters. The van der Waals surface area contributed by atoms with Crippen molar-refractivity contribution in [3.05, 3.63) is 57.3 Å². The summed E-state index contributed by atoms with van der Waals surface area (Å²) in [6.07, 6.45) is 3.23. The molecule has 2 rings (SSSR count). The first-order chi connectivity index (χ1) is 8.59. The van der Waals surface area contributed by atoms with Crippen LogP contribution in [0.4, 0.5) is 5.69 Å². The predicted molar refractivity (Wildman–Crippen MR) is 76.1 cm³/mol. The van der Waals surface area contributed by atoms with E-state index in [1.54, 1.807) is 30.6 Å². The van der Waals surface area contributed by atoms with Crippen molar-refractivity contribution in [3.8, 4) is 0 Å². The van der Waals surface area contributed by atoms with Gasteiger partial charge in [0.05, 0.1) is 20.7 Å². The third-order valence-electron chi connectivity index (χ3n) is 2.46. The zero-order valence-electron chi connectivity index (χ0n) is 9.58. The van der Waals surface area contributed by atoms with Crippen LogP contribution in [0.15, 0.2) is 41.1 Å². The van der Waals surface area contributed by atoms with E-state index >= 15 is 0 Å². The number of aromatic nitrogens is 1. The molecule has 0 spiro atoms. The molecule has 2 aromatic rings. The molecule has 0 fully saturated rings. The summed E-state index contributed by atoms with van der Waals surface area (Å²) in [5.41, 5.74) is 1.99. The van der Waals surface area contributed by atoms with Crippen LogP contribution in [0.2, 0.25) is 5.02 Å². The normalized spacial score (nSPS) is 10.2. The molecule has 0 unspecified atom stereocenters. The molecular formula is C13H10BrClN2O. The maximum atomic E-state index is 12.1. The quantitative estimate of drug-likeness (QED) is 0.905. The Morgan fingerprint density at radius 3 is 2.89 bits per heavy atom. The number of carbonyl (C=O) groups is 1. The van der Waals surface area contributed by atoms with Gasteiger partial charge in [0.2, 0.25) is 0 Å². The summed E-state index contributed by atoms with van der Waals surface area (Å²) in [6, 6.07) is 7.07. The minimum Gasteiger partial charge on any atom is -0.321 e. The molecule has 0 saturated heterocycles. The largest absolute Gasteiger partial charge is 0.321 e. The van der Waals surface area contributed by atoms with Gasteiger partial charge in [0.25, 0.3) is 5.91 Å². The number of hydrogen-bond acceptors (Lipinski definition) is 2. The summed E-state index contributed by atoms with van der Waals surface area (Å²) in [6.45, 7) is 1.86. The van der Waals surface area contributed by atoms with E-state index in [0.717, 1.165) is 10.0 Å². The van der Waals surface area contributed by atoms with Gasteiger partial charge in [-0.3, -0.25) is 9.78 Å². The van der Waals surface area contributed by atoms with E-state index < -0.39 is 0 Å². The Labute approximate surface area is 118 Å². The second-order valence-electron chi connectivity index (χ2n) is 3.75. The van der Waals surface area contributed by atoms with Crippen LogP contribution in [-0.2, 0) is 0 Å². The average Bonchev–Trinajstić information content (AvgIpc) is 2.35. The van der Waals surface area contributed by atoms with Gasteiger partial charge in [0.15, 0.2) is 0 Å². The summed E-state index contributed by atoms with van der Waals surface area (Å²) in [5, 5.41) is 3.26. The molecule has 3 nitrogen and oxygen atoms in total. The summed E-state index contributed by atoms with van der Waals surface area (Å²) in [7, 11) is 0. The molecule has 1 aromatic heterocycles. The first-order valence-electron chi connectivity index (χ1n) is 5.25. The molecule has 1 heterocycles. The van der Waals surface area contributed by atoms with E-state index in [1.807, 2.05) is 13.0 Å². The Bertz CT molecular complexity index is 601. The Morgan fingerprint density at radius 1 is 1.39 bits per heavy atom. The Morgan fingerprint density at radius 2 is 2.17 bits per heavy atom. The zero-order valence-corrected chi connectivity index (χ0v) is 11.9. The summed E-state index contributed by atoms with van der Waals surface area (Å²) >= 11 is 9.43. The fraction of sp³-hybridized carbons (Fsp3) is 0.0769. The maximum Gasteiger partial charge on any atom is 0.257 e. The fourth-order valence-corrected chi connectivity index (χ4v) is 2.05. The lowest BCUT2D eigenvalue weighted by molar-refractivity contribution is 0.102. The third-order valence-corrected chi connectivity index (χ3v) is 3.59. The number of aryl methyl sites for hydroxylation is 1. The molecule has 1 N–H and O–H groups in total. The summed E-state index contributed by atoms with van der Waals surface area (Å²) < 4.78 is 0.724. The number of pyridine rings is 1. The van der Waals surface area contributed by atoms with Crippen molar-refractivity contribution in [3.63, 3.8) is 0 Å². The van der Waals surface area contributed by atoms with Gasteiger partial charge >= 0.3 is 0 Å². The van der Waals surface area contributed by atoms with Crippen molar-refractivity contribution in [1.29, 1.82) is 0 Å². The van der Waals surface area contributed by atoms with E-state index in [2.05, 4.69) is 26.2 Å². The molecule has 0 saturated carbocycles. The number of halogens is 2. The van der Waals surface area contributed by atoms with Gasteiger partial charge in [-0.05, 0) is 40.5 Å². The molecule has 1 aromatic carbocycles. The maximum absolute atomic E-state index is 12.1. The number of hydrogen-bond donors (Lipinski definition) is 1. The monoisotopic (exact) mass is 324 g/mol. The number of benzene rings is 1. The van der Waals surface area contributed by atoms with E-state index in [-0.39, 0.29) is 5.91 Å². The molecule has 0 bridgehead atoms. The smallest absolute Gasteiger partial charge is 0.257 e. The SMILES string of the molecule is Cc1cccc(C(=O)Nc2ccncc2Br)c1Cl. The lowest BCUT2D eigenvalue weighted by Gasteiger charge is -2.09. The van der Waals surface area contributed by atoms with Gasteiger partial charge < -0.3 is 5.32 Å². The van der Waals surface area contributed by atoms with Crippen LogP contribution in [0.5, 0.6) is 0 Å². The van der Waals surface area contributed by atoms with Crippen LogP contribution in [0.25, 0.3) is 0 Å². The van der Waals surface area contributed by atoms with E-state index in [4.69, 9.17) is 11.6 Å². The standard InChI is InChI=1S/C13H10BrClN2O/c1-8-3-2-4-9(12(8)15)13(18)17-11-5-6-16-7-10(11)14/h2-7H,1H3,(H,16,17,18). The zero-order chi connectivity index (χ0) is 13.1. The highest BCUT2D eigenvalue weighted by Crippen LogP contribution is 2.24. The highest BCUT2D eigenvalue weighted by molar-refractivity contribution is 9.10. The number of nitrogens with one attached hydrogen (secondary N) is 1. The van der Waals surface area contributed by atoms with Gasteiger partial charge in [0.1, 0.15) is 0 Å². The fourth-order valence-electron chi connectivity index (χ4n) is 1.49. The Kier molecular flexibility index (Phi) is 3.99. The van der Waals surface area contributed by atoms with Crippen molar-refractivity contribution in [2.45, 2.75) is 6.92 Å². The second kappa shape index (κ2) is 5.50. The average molecular weight is 326 g/mol. The molecule has 18 heavy (non-hydrogen) atoms. The van der Waals surface area contributed by atoms with Crippen LogP contribution in [0.3, 0.4) is 0 Å². The predicted octanol–water partition coefficient (Wildman–Crippen LogP) is 4.06. The number of carbonyl (C=O) groups excluding carboxylic acids is 1. The van der Waals surface area contributed by atoms with Crippen molar-refractivity contribution in [1.82, 2.24) is 4.98 Å². The van der Waals surface area contributed by atoms with Crippen molar-refractivity contribution < 1.29 is 4.79 Å². The molecule has 92 valence electrons. The van der Waals surface area contributed by atoms with Crippen LogP contribution in [0, 0.1) is 6.92 Å². The highest BCUT2D eigenvalue weighted by atomic mass is 79.9. The molecule has 0 radical (unpaired) electrons. The van der Waals surface area contributed by atoms with Crippen LogP contribution in [-0.4, -0.2) is 10.9 Å². The van der Waals surface area contributed by atoms with Crippen molar-refractivity contribution >= 4 is 39.1 Å². The summed E-state index contributed by atoms with van der Waals surface area (Å²) in [5.74, 6) is -0.240. The lowest BCUT2D eigenvalue weighted by Crippen LogP contribution is -2.13. The Balaban J connectivity index is 2.28. The highest BCUT2D eigenvalue weighted by Gasteiger charge is 2.12. The van der Waals surface area contributed by atoms with E-state index in [9.17, 15) is 4.79 Å². The van der Waals surface area contributed by atoms with Gasteiger partial charge in [-0.15, -0.1) is 0 Å². The topological polar surface area (TPSA) is 42.0 Å². The second-order valence-corrected chi connectivity index (χ2v) is 4.98. The van der Waals surface area contributed by atoms with Gasteiger partial charge in [0, 0.05) is 12.4 Å². The minimum atomic E-state index is -0.240. The third kappa shape index (κ3) is 2.71. The molecule has 0 aliphatic heterocycles. The molecule has 0 aliphatic carbocycles. The first kappa shape index (κ1) is 13.1. The van der Waals surface area contributed by atoms with E-state index in [1.165, 1.54) is 0 Å². The van der Waals surface area contributed by atoms with Gasteiger partial charge in [-0.25, -0.2) is 0 Å².